The number of rotatable bonds is 5. The van der Waals surface area contributed by atoms with Gasteiger partial charge in [0.05, 0.1) is 42.6 Å². The van der Waals surface area contributed by atoms with Gasteiger partial charge in [0.2, 0.25) is 0 Å². The number of halogens is 4. The average molecular weight is 556 g/mol. The third kappa shape index (κ3) is 4.61. The number of pyridine rings is 1. The number of morpholine rings is 1. The fraction of sp³-hybridized carbons (Fsp3) is 0.379. The first-order valence-electron chi connectivity index (χ1n) is 13.3. The van der Waals surface area contributed by atoms with E-state index in [-0.39, 0.29) is 24.0 Å². The van der Waals surface area contributed by atoms with Crippen LogP contribution in [0.25, 0.3) is 11.0 Å². The van der Waals surface area contributed by atoms with E-state index >= 15 is 0 Å². The van der Waals surface area contributed by atoms with E-state index in [1.807, 2.05) is 22.8 Å². The molecule has 11 heteroatoms. The average Bonchev–Trinajstić information content (AvgIpc) is 3.51. The number of aryl methyl sites for hydroxylation is 1. The Morgan fingerprint density at radius 3 is 2.52 bits per heavy atom. The highest BCUT2D eigenvalue weighted by molar-refractivity contribution is 5.87. The van der Waals surface area contributed by atoms with E-state index in [1.54, 1.807) is 29.0 Å². The molecule has 2 fully saturated rings. The summed E-state index contributed by atoms with van der Waals surface area (Å²) in [5.41, 5.74) is 1.22. The van der Waals surface area contributed by atoms with Gasteiger partial charge in [-0.3, -0.25) is 9.13 Å². The van der Waals surface area contributed by atoms with Crippen LogP contribution in [0, 0.1) is 12.7 Å². The molecule has 2 aromatic heterocycles. The van der Waals surface area contributed by atoms with Gasteiger partial charge in [-0.2, -0.15) is 13.2 Å². The molecule has 6 rings (SSSR count). The molecular formula is C29H29F4N5O2. The Kier molecular flexibility index (Phi) is 6.77. The monoisotopic (exact) mass is 555 g/mol. The van der Waals surface area contributed by atoms with Crippen LogP contribution >= 0.6 is 0 Å². The van der Waals surface area contributed by atoms with Crippen molar-refractivity contribution in [3.8, 4) is 0 Å². The molecule has 2 aliphatic heterocycles. The SMILES string of the molecule is Cc1cccc(F)c1N1CC[C@@H](n2c(=O)n(Cc3ccccc3C(F)(F)F)c3c(N4CCOCC4)nccc32)C1. The van der Waals surface area contributed by atoms with Crippen molar-refractivity contribution < 1.29 is 22.3 Å². The predicted molar refractivity (Wildman–Crippen MR) is 145 cm³/mol. The number of fused-ring (bicyclic) bond motifs is 1. The Labute approximate surface area is 228 Å². The number of nitrogens with zero attached hydrogens (tertiary/aromatic N) is 5. The van der Waals surface area contributed by atoms with Crippen molar-refractivity contribution in [3.05, 3.63) is 87.7 Å². The lowest BCUT2D eigenvalue weighted by atomic mass is 10.1. The van der Waals surface area contributed by atoms with Gasteiger partial charge in [-0.25, -0.2) is 14.2 Å². The van der Waals surface area contributed by atoms with Crippen LogP contribution in [0.4, 0.5) is 29.1 Å². The maximum absolute atomic E-state index is 14.8. The maximum atomic E-state index is 14.8. The minimum Gasteiger partial charge on any atom is -0.378 e. The maximum Gasteiger partial charge on any atom is 0.416 e. The highest BCUT2D eigenvalue weighted by atomic mass is 19.4. The van der Waals surface area contributed by atoms with Gasteiger partial charge in [0.1, 0.15) is 11.3 Å². The van der Waals surface area contributed by atoms with E-state index < -0.39 is 17.4 Å². The summed E-state index contributed by atoms with van der Waals surface area (Å²) in [5, 5.41) is 0. The van der Waals surface area contributed by atoms with Gasteiger partial charge in [-0.1, -0.05) is 30.3 Å². The van der Waals surface area contributed by atoms with Crippen LogP contribution in [0.5, 0.6) is 0 Å². The molecule has 0 amide bonds. The molecule has 2 aromatic carbocycles. The van der Waals surface area contributed by atoms with E-state index in [0.717, 1.165) is 11.6 Å². The molecule has 7 nitrogen and oxygen atoms in total. The smallest absolute Gasteiger partial charge is 0.378 e. The summed E-state index contributed by atoms with van der Waals surface area (Å²) in [6.45, 7) is 4.60. The van der Waals surface area contributed by atoms with Gasteiger partial charge < -0.3 is 14.5 Å². The number of ether oxygens (including phenoxy) is 1. The third-order valence-electron chi connectivity index (χ3n) is 7.85. The topological polar surface area (TPSA) is 55.5 Å². The number of benzene rings is 2. The molecule has 4 heterocycles. The first kappa shape index (κ1) is 26.4. The second-order valence-electron chi connectivity index (χ2n) is 10.3. The van der Waals surface area contributed by atoms with Gasteiger partial charge in [0, 0.05) is 32.4 Å². The Morgan fingerprint density at radius 1 is 1.00 bits per heavy atom. The molecule has 0 bridgehead atoms. The van der Waals surface area contributed by atoms with Crippen LogP contribution in [0.2, 0.25) is 0 Å². The molecule has 4 aromatic rings. The van der Waals surface area contributed by atoms with Crippen LogP contribution in [0.3, 0.4) is 0 Å². The quantitative estimate of drug-likeness (QED) is 0.325. The number of hydrogen-bond donors (Lipinski definition) is 0. The van der Waals surface area contributed by atoms with Crippen LogP contribution in [0.1, 0.15) is 29.2 Å². The fourth-order valence-corrected chi connectivity index (χ4v) is 6.01. The molecule has 0 spiro atoms. The van der Waals surface area contributed by atoms with Crippen molar-refractivity contribution in [2.45, 2.75) is 32.1 Å². The summed E-state index contributed by atoms with van der Waals surface area (Å²) >= 11 is 0. The predicted octanol–water partition coefficient (Wildman–Crippen LogP) is 5.00. The highest BCUT2D eigenvalue weighted by Gasteiger charge is 2.35. The lowest BCUT2D eigenvalue weighted by Crippen LogP contribution is -2.37. The molecule has 2 saturated heterocycles. The zero-order valence-electron chi connectivity index (χ0n) is 22.0. The number of hydrogen-bond acceptors (Lipinski definition) is 5. The van der Waals surface area contributed by atoms with E-state index in [1.165, 1.54) is 22.8 Å². The van der Waals surface area contributed by atoms with Crippen molar-refractivity contribution in [1.82, 2.24) is 14.1 Å². The van der Waals surface area contributed by atoms with Gasteiger partial charge in [-0.05, 0) is 42.7 Å². The molecular weight excluding hydrogens is 526 g/mol. The van der Waals surface area contributed by atoms with E-state index in [2.05, 4.69) is 4.98 Å². The van der Waals surface area contributed by atoms with Crippen LogP contribution in [0.15, 0.2) is 59.5 Å². The summed E-state index contributed by atoms with van der Waals surface area (Å²) in [6, 6.07) is 11.7. The fourth-order valence-electron chi connectivity index (χ4n) is 6.01. The van der Waals surface area contributed by atoms with Gasteiger partial charge in [0.25, 0.3) is 0 Å². The molecule has 40 heavy (non-hydrogen) atoms. The molecule has 210 valence electrons. The van der Waals surface area contributed by atoms with Crippen LogP contribution in [-0.2, 0) is 17.5 Å². The second-order valence-corrected chi connectivity index (χ2v) is 10.3. The lowest BCUT2D eigenvalue weighted by Gasteiger charge is -2.28. The summed E-state index contributed by atoms with van der Waals surface area (Å²) in [6.07, 6.45) is -2.35. The van der Waals surface area contributed by atoms with Gasteiger partial charge >= 0.3 is 11.9 Å². The van der Waals surface area contributed by atoms with Crippen molar-refractivity contribution >= 4 is 22.5 Å². The van der Waals surface area contributed by atoms with Crippen molar-refractivity contribution in [3.63, 3.8) is 0 Å². The van der Waals surface area contributed by atoms with Crippen LogP contribution < -0.4 is 15.5 Å². The number of aromatic nitrogens is 3. The molecule has 0 aliphatic carbocycles. The van der Waals surface area contributed by atoms with E-state index in [4.69, 9.17) is 4.74 Å². The lowest BCUT2D eigenvalue weighted by molar-refractivity contribution is -0.138. The molecule has 0 unspecified atom stereocenters. The van der Waals surface area contributed by atoms with Crippen LogP contribution in [-0.4, -0.2) is 53.5 Å². The summed E-state index contributed by atoms with van der Waals surface area (Å²) < 4.78 is 65.0. The summed E-state index contributed by atoms with van der Waals surface area (Å²) in [4.78, 5) is 22.7. The number of imidazole rings is 1. The zero-order valence-corrected chi connectivity index (χ0v) is 22.0. The Morgan fingerprint density at radius 2 is 1.77 bits per heavy atom. The molecule has 0 saturated carbocycles. The normalized spacial score (nSPS) is 18.2. The van der Waals surface area contributed by atoms with E-state index in [0.29, 0.717) is 68.4 Å². The molecule has 2 aliphatic rings. The molecule has 1 atom stereocenters. The first-order valence-corrected chi connectivity index (χ1v) is 13.3. The van der Waals surface area contributed by atoms with E-state index in [9.17, 15) is 22.4 Å². The second kappa shape index (κ2) is 10.3. The standard InChI is InChI=1S/C29H29F4N5O2/c1-19-5-4-8-23(30)25(19)36-12-10-21(18-36)38-24-9-11-34-27(35-13-15-40-16-14-35)26(24)37(28(38)39)17-20-6-2-3-7-22(20)29(31,32)33/h2-9,11,21H,10,12-18H2,1H3/t21-/m1/s1. The Bertz CT molecular complexity index is 1590. The Balaban J connectivity index is 1.48. The van der Waals surface area contributed by atoms with Crippen molar-refractivity contribution in [2.75, 3.05) is 49.2 Å². The largest absolute Gasteiger partial charge is 0.416 e. The number of anilines is 2. The molecule has 0 N–H and O–H groups in total. The van der Waals surface area contributed by atoms with Crippen molar-refractivity contribution in [1.29, 1.82) is 0 Å². The minimum atomic E-state index is -4.56. The minimum absolute atomic E-state index is 0.00274. The molecule has 0 radical (unpaired) electrons. The Hall–Kier alpha value is -3.86. The summed E-state index contributed by atoms with van der Waals surface area (Å²) in [7, 11) is 0. The third-order valence-corrected chi connectivity index (χ3v) is 7.85. The number of alkyl halides is 3. The van der Waals surface area contributed by atoms with Gasteiger partial charge in [-0.15, -0.1) is 0 Å². The summed E-state index contributed by atoms with van der Waals surface area (Å²) in [5.74, 6) is 0.221. The zero-order chi connectivity index (χ0) is 28.0. The number of para-hydroxylation sites is 1. The first-order chi connectivity index (χ1) is 19.2. The van der Waals surface area contributed by atoms with Gasteiger partial charge in [0.15, 0.2) is 5.82 Å². The highest BCUT2D eigenvalue weighted by Crippen LogP contribution is 2.36. The van der Waals surface area contributed by atoms with Crippen molar-refractivity contribution in [2.24, 2.45) is 0 Å².